The average Bonchev–Trinajstić information content (AvgIpc) is 3.63. The van der Waals surface area contributed by atoms with E-state index in [-0.39, 0.29) is 0 Å². The van der Waals surface area contributed by atoms with Crippen molar-refractivity contribution in [3.05, 3.63) is 71.7 Å². The summed E-state index contributed by atoms with van der Waals surface area (Å²) in [5, 5.41) is 23.4. The quantitative estimate of drug-likeness (QED) is 0.0825. The van der Waals surface area contributed by atoms with Crippen molar-refractivity contribution in [1.82, 2.24) is 0 Å². The third-order valence-corrected chi connectivity index (χ3v) is 7.64. The van der Waals surface area contributed by atoms with Gasteiger partial charge >= 0.3 is 59.8 Å². The molecule has 0 bridgehead atoms. The van der Waals surface area contributed by atoms with E-state index >= 15 is 0 Å². The second kappa shape index (κ2) is 17.5. The molecule has 4 aromatic rings. The number of halogens is 4. The van der Waals surface area contributed by atoms with Gasteiger partial charge in [0.2, 0.25) is 0 Å². The molecule has 0 unspecified atom stereocenters. The first-order valence-electron chi connectivity index (χ1n) is 13.5. The summed E-state index contributed by atoms with van der Waals surface area (Å²) >= 11 is 3.19. The summed E-state index contributed by atoms with van der Waals surface area (Å²) in [4.78, 5) is 4.55. The van der Waals surface area contributed by atoms with Gasteiger partial charge in [0.15, 0.2) is 0 Å². The Morgan fingerprint density at radius 2 is 1.00 bits per heavy atom. The zero-order valence-corrected chi connectivity index (χ0v) is 31.7. The van der Waals surface area contributed by atoms with Crippen LogP contribution < -0.4 is 18.9 Å². The molecule has 15 heteroatoms. The maximum atomic E-state index is 5.05. The van der Waals surface area contributed by atoms with Gasteiger partial charge in [-0.25, -0.2) is 9.13 Å². The van der Waals surface area contributed by atoms with Crippen LogP contribution in [0.5, 0.6) is 0 Å². The average molecular weight is 742 g/mol. The number of aryl methyl sites for hydroxylation is 2. The Morgan fingerprint density at radius 3 is 1.33 bits per heavy atom. The van der Waals surface area contributed by atoms with E-state index in [2.05, 4.69) is 91.6 Å². The summed E-state index contributed by atoms with van der Waals surface area (Å²) in [5.74, 6) is 0. The van der Waals surface area contributed by atoms with Crippen molar-refractivity contribution in [3.63, 3.8) is 0 Å². The molecule has 0 fully saturated rings. The molecule has 0 spiro atoms. The Labute approximate surface area is 274 Å². The van der Waals surface area contributed by atoms with Crippen LogP contribution in [0, 0.1) is 0 Å². The van der Waals surface area contributed by atoms with E-state index < -0.39 is 10.8 Å². The van der Waals surface area contributed by atoms with Crippen LogP contribution in [-0.2, 0) is 23.9 Å². The Bertz CT molecular complexity index is 1320. The van der Waals surface area contributed by atoms with E-state index in [0.29, 0.717) is 0 Å². The van der Waals surface area contributed by atoms with Gasteiger partial charge in [-0.15, -0.1) is 0 Å². The van der Waals surface area contributed by atoms with Crippen LogP contribution in [0.2, 0.25) is 0 Å². The molecule has 0 aliphatic carbocycles. The summed E-state index contributed by atoms with van der Waals surface area (Å²) < 4.78 is 4.17. The predicted octanol–water partition coefficient (Wildman–Crippen LogP) is 9.97. The summed E-state index contributed by atoms with van der Waals surface area (Å²) in [6.07, 6.45) is 5.11. The first kappa shape index (κ1) is 34.8. The van der Waals surface area contributed by atoms with Gasteiger partial charge in [0.25, 0.3) is 0 Å². The van der Waals surface area contributed by atoms with E-state index in [9.17, 15) is 0 Å². The molecule has 2 aromatic carbocycles. The van der Waals surface area contributed by atoms with Gasteiger partial charge in [0, 0.05) is 49.3 Å². The molecule has 0 saturated carbocycles. The summed E-state index contributed by atoms with van der Waals surface area (Å²) in [7, 11) is 21.1. The number of hydrogen-bond acceptors (Lipinski definition) is 8. The molecule has 0 amide bonds. The fraction of sp³-hybridized carbons (Fsp3) is 0.333. The van der Waals surface area contributed by atoms with Gasteiger partial charge < -0.3 is 9.80 Å². The zero-order chi connectivity index (χ0) is 30.5. The van der Waals surface area contributed by atoms with E-state index in [1.165, 1.54) is 11.4 Å². The number of thiazole rings is 2. The van der Waals surface area contributed by atoms with Crippen molar-refractivity contribution in [2.75, 3.05) is 37.0 Å². The number of benzene rings is 2. The molecule has 0 aliphatic heterocycles. The van der Waals surface area contributed by atoms with Crippen LogP contribution in [0.1, 0.15) is 20.3 Å². The Hall–Kier alpha value is -1.72. The Kier molecular flexibility index (Phi) is 14.5. The molecule has 0 saturated heterocycles. The molecular formula is C27H34Cl4N8S2Zn. The van der Waals surface area contributed by atoms with E-state index in [1.807, 2.05) is 47.4 Å². The second-order valence-electron chi connectivity index (χ2n) is 9.18. The van der Waals surface area contributed by atoms with Gasteiger partial charge in [0.1, 0.15) is 23.8 Å². The summed E-state index contributed by atoms with van der Waals surface area (Å²) in [6, 6.07) is 16.5. The molecule has 0 N–H and O–H groups in total. The normalized spacial score (nSPS) is 11.6. The van der Waals surface area contributed by atoms with Crippen molar-refractivity contribution in [2.24, 2.45) is 20.5 Å². The molecule has 0 radical (unpaired) electrons. The summed E-state index contributed by atoms with van der Waals surface area (Å²) in [5.41, 5.74) is 4.06. The first-order valence-corrected chi connectivity index (χ1v) is 30.9. The number of anilines is 2. The van der Waals surface area contributed by atoms with Gasteiger partial charge in [-0.2, -0.15) is 0 Å². The van der Waals surface area contributed by atoms with Crippen LogP contribution in [-0.4, -0.2) is 27.2 Å². The fourth-order valence-electron chi connectivity index (χ4n) is 3.79. The SMILES string of the molecule is CC[n+]1ccsc1N=Nc1ccc(N(C)CCCN(C)c2ccc(N=Nc3scc[n+]3CC)cc2)cc1.[Cl][Zn-2]([Cl])([Cl])[Cl]. The van der Waals surface area contributed by atoms with Gasteiger partial charge in [-0.3, -0.25) is 0 Å². The zero-order valence-electron chi connectivity index (χ0n) is 24.1. The second-order valence-corrected chi connectivity index (χ2v) is 38.7. The van der Waals surface area contributed by atoms with E-state index in [1.54, 1.807) is 22.7 Å². The van der Waals surface area contributed by atoms with Crippen molar-refractivity contribution in [3.8, 4) is 0 Å². The summed E-state index contributed by atoms with van der Waals surface area (Å²) in [6.45, 7) is 7.91. The number of nitrogens with zero attached hydrogens (tertiary/aromatic N) is 8. The molecule has 2 aromatic heterocycles. The van der Waals surface area contributed by atoms with E-state index in [0.717, 1.165) is 54.2 Å². The third-order valence-electron chi connectivity index (χ3n) is 6.07. The maximum absolute atomic E-state index is 5.05. The number of hydrogen-bond donors (Lipinski definition) is 0. The van der Waals surface area contributed by atoms with Crippen molar-refractivity contribution < 1.29 is 19.9 Å². The molecular weight excluding hydrogens is 708 g/mol. The van der Waals surface area contributed by atoms with Crippen LogP contribution in [0.3, 0.4) is 0 Å². The van der Waals surface area contributed by atoms with Crippen molar-refractivity contribution in [1.29, 1.82) is 0 Å². The predicted molar refractivity (Wildman–Crippen MR) is 176 cm³/mol. The number of rotatable bonds is 12. The molecule has 4 rings (SSSR count). The topological polar surface area (TPSA) is 63.7 Å². The first-order chi connectivity index (χ1) is 20.1. The van der Waals surface area contributed by atoms with Gasteiger partial charge in [-0.05, 0) is 102 Å². The van der Waals surface area contributed by atoms with Gasteiger partial charge in [0.05, 0.1) is 23.3 Å². The minimum atomic E-state index is -3.36. The number of aromatic nitrogens is 2. The van der Waals surface area contributed by atoms with Gasteiger partial charge in [-0.1, -0.05) is 0 Å². The van der Waals surface area contributed by atoms with Crippen LogP contribution >= 0.6 is 61.4 Å². The van der Waals surface area contributed by atoms with Crippen molar-refractivity contribution >= 4 is 94.5 Å². The van der Waals surface area contributed by atoms with Crippen molar-refractivity contribution in [2.45, 2.75) is 33.4 Å². The Balaban J connectivity index is 0.000000892. The monoisotopic (exact) mass is 738 g/mol. The fourth-order valence-corrected chi connectivity index (χ4v) is 5.27. The minimum absolute atomic E-state index is 0.857. The Morgan fingerprint density at radius 1 is 0.643 bits per heavy atom. The molecule has 224 valence electrons. The molecule has 8 nitrogen and oxygen atoms in total. The van der Waals surface area contributed by atoms with E-state index in [4.69, 9.17) is 38.8 Å². The molecule has 0 atom stereocenters. The molecule has 0 aliphatic rings. The standard InChI is InChI=1S/C27H34N8S2.4ClH.Zn/c1-5-34-18-20-36-26(34)30-28-22-8-12-24(13-9-22)32(3)16-7-17-33(4)25-14-10-23(11-15-25)29-31-27-35(6-2)19-21-37-27;;;;;/h8-15,18-21H,5-7,16-17H2,1-4H3;4*1H;/q+2;;;;;+2/p-4. The third kappa shape index (κ3) is 12.1. The van der Waals surface area contributed by atoms with Crippen LogP contribution in [0.4, 0.5) is 33.0 Å². The number of azo groups is 2. The van der Waals surface area contributed by atoms with Crippen LogP contribution in [0.15, 0.2) is 92.1 Å². The molecule has 2 heterocycles. The van der Waals surface area contributed by atoms with Crippen LogP contribution in [0.25, 0.3) is 0 Å². The molecule has 42 heavy (non-hydrogen) atoms.